The number of hydrogen-bond donors (Lipinski definition) is 1. The van der Waals surface area contributed by atoms with Crippen LogP contribution in [-0.2, 0) is 19.6 Å². The standard InChI is InChI=1S/C23H24ClNO2/c1-26-23-8-3-2-6-20(23)13-14-25-16-19-5-4-7-22(15-19)27-17-18-9-11-21(24)12-10-18/h2-12,15,25H,13-14,16-17H2,1H3. The van der Waals surface area contributed by atoms with Crippen LogP contribution in [0.2, 0.25) is 5.02 Å². The normalized spacial score (nSPS) is 10.6. The van der Waals surface area contributed by atoms with Crippen LogP contribution in [0.1, 0.15) is 16.7 Å². The van der Waals surface area contributed by atoms with Crippen LogP contribution in [0.3, 0.4) is 0 Å². The minimum absolute atomic E-state index is 0.530. The molecule has 0 aliphatic heterocycles. The average Bonchev–Trinajstić information content (AvgIpc) is 2.71. The predicted molar refractivity (Wildman–Crippen MR) is 111 cm³/mol. The van der Waals surface area contributed by atoms with Gasteiger partial charge in [0, 0.05) is 11.6 Å². The first kappa shape index (κ1) is 19.3. The molecule has 3 aromatic rings. The fourth-order valence-electron chi connectivity index (χ4n) is 2.86. The van der Waals surface area contributed by atoms with Crippen molar-refractivity contribution < 1.29 is 9.47 Å². The van der Waals surface area contributed by atoms with E-state index in [1.165, 1.54) is 11.1 Å². The molecule has 0 unspecified atom stereocenters. The van der Waals surface area contributed by atoms with E-state index in [1.807, 2.05) is 54.6 Å². The number of hydrogen-bond acceptors (Lipinski definition) is 3. The second-order valence-corrected chi connectivity index (χ2v) is 6.74. The number of ether oxygens (including phenoxy) is 2. The van der Waals surface area contributed by atoms with Gasteiger partial charge in [-0.25, -0.2) is 0 Å². The molecule has 0 aromatic heterocycles. The minimum atomic E-state index is 0.530. The Labute approximate surface area is 165 Å². The molecule has 3 aromatic carbocycles. The van der Waals surface area contributed by atoms with Crippen LogP contribution in [-0.4, -0.2) is 13.7 Å². The average molecular weight is 382 g/mol. The number of rotatable bonds is 9. The first-order valence-electron chi connectivity index (χ1n) is 9.03. The van der Waals surface area contributed by atoms with Crippen molar-refractivity contribution in [1.29, 1.82) is 0 Å². The van der Waals surface area contributed by atoms with E-state index < -0.39 is 0 Å². The highest BCUT2D eigenvalue weighted by Crippen LogP contribution is 2.18. The summed E-state index contributed by atoms with van der Waals surface area (Å²) in [6.07, 6.45) is 0.927. The topological polar surface area (TPSA) is 30.5 Å². The van der Waals surface area contributed by atoms with Crippen LogP contribution >= 0.6 is 11.6 Å². The van der Waals surface area contributed by atoms with E-state index in [-0.39, 0.29) is 0 Å². The minimum Gasteiger partial charge on any atom is -0.496 e. The van der Waals surface area contributed by atoms with Gasteiger partial charge in [-0.3, -0.25) is 0 Å². The van der Waals surface area contributed by atoms with Crippen molar-refractivity contribution in [3.05, 3.63) is 94.5 Å². The molecular formula is C23H24ClNO2. The lowest BCUT2D eigenvalue weighted by Gasteiger charge is -2.10. The second-order valence-electron chi connectivity index (χ2n) is 6.30. The molecule has 140 valence electrons. The van der Waals surface area contributed by atoms with Crippen LogP contribution in [0.5, 0.6) is 11.5 Å². The molecule has 0 atom stereocenters. The fourth-order valence-corrected chi connectivity index (χ4v) is 2.98. The van der Waals surface area contributed by atoms with Gasteiger partial charge in [-0.2, -0.15) is 0 Å². The zero-order chi connectivity index (χ0) is 18.9. The number of para-hydroxylation sites is 1. The molecule has 4 heteroatoms. The summed E-state index contributed by atoms with van der Waals surface area (Å²) >= 11 is 5.91. The van der Waals surface area contributed by atoms with Gasteiger partial charge in [0.05, 0.1) is 7.11 Å². The van der Waals surface area contributed by atoms with Crippen molar-refractivity contribution in [3.63, 3.8) is 0 Å². The molecule has 0 bridgehead atoms. The van der Waals surface area contributed by atoms with Gasteiger partial charge in [-0.15, -0.1) is 0 Å². The molecule has 0 spiro atoms. The Hall–Kier alpha value is -2.49. The van der Waals surface area contributed by atoms with Gasteiger partial charge in [0.25, 0.3) is 0 Å². The summed E-state index contributed by atoms with van der Waals surface area (Å²) in [4.78, 5) is 0. The Kier molecular flexibility index (Phi) is 7.14. The molecule has 0 saturated carbocycles. The third-order valence-corrected chi connectivity index (χ3v) is 4.56. The molecular weight excluding hydrogens is 358 g/mol. The van der Waals surface area contributed by atoms with Crippen LogP contribution in [0.15, 0.2) is 72.8 Å². The molecule has 0 aliphatic rings. The van der Waals surface area contributed by atoms with E-state index in [0.29, 0.717) is 6.61 Å². The van der Waals surface area contributed by atoms with Gasteiger partial charge in [-0.05, 0) is 60.0 Å². The third-order valence-electron chi connectivity index (χ3n) is 4.31. The molecule has 0 saturated heterocycles. The fraction of sp³-hybridized carbons (Fsp3) is 0.217. The number of nitrogens with one attached hydrogen (secondary N) is 1. The van der Waals surface area contributed by atoms with E-state index in [2.05, 4.69) is 23.5 Å². The first-order valence-corrected chi connectivity index (χ1v) is 9.41. The summed E-state index contributed by atoms with van der Waals surface area (Å²) in [6.45, 7) is 2.21. The van der Waals surface area contributed by atoms with Crippen LogP contribution in [0, 0.1) is 0 Å². The summed E-state index contributed by atoms with van der Waals surface area (Å²) < 4.78 is 11.3. The maximum Gasteiger partial charge on any atom is 0.122 e. The van der Waals surface area contributed by atoms with Crippen molar-refractivity contribution in [2.45, 2.75) is 19.6 Å². The Bertz CT molecular complexity index is 849. The van der Waals surface area contributed by atoms with E-state index in [0.717, 1.165) is 41.6 Å². The molecule has 0 radical (unpaired) electrons. The zero-order valence-corrected chi connectivity index (χ0v) is 16.2. The second kappa shape index (κ2) is 10.0. The lowest BCUT2D eigenvalue weighted by molar-refractivity contribution is 0.306. The van der Waals surface area contributed by atoms with E-state index in [1.54, 1.807) is 7.11 Å². The maximum atomic E-state index is 5.91. The molecule has 0 aliphatic carbocycles. The lowest BCUT2D eigenvalue weighted by atomic mass is 10.1. The number of halogens is 1. The molecule has 0 heterocycles. The van der Waals surface area contributed by atoms with E-state index in [9.17, 15) is 0 Å². The summed E-state index contributed by atoms with van der Waals surface area (Å²) in [6, 6.07) is 24.0. The van der Waals surface area contributed by atoms with Gasteiger partial charge in [-0.1, -0.05) is 54.1 Å². The number of benzene rings is 3. The SMILES string of the molecule is COc1ccccc1CCNCc1cccc(OCc2ccc(Cl)cc2)c1. The molecule has 0 amide bonds. The van der Waals surface area contributed by atoms with Crippen LogP contribution < -0.4 is 14.8 Å². The van der Waals surface area contributed by atoms with E-state index in [4.69, 9.17) is 21.1 Å². The summed E-state index contributed by atoms with van der Waals surface area (Å²) in [5.41, 5.74) is 3.51. The Balaban J connectivity index is 1.46. The van der Waals surface area contributed by atoms with Gasteiger partial charge in [0.15, 0.2) is 0 Å². The van der Waals surface area contributed by atoms with Crippen molar-refractivity contribution in [2.24, 2.45) is 0 Å². The quantitative estimate of drug-likeness (QED) is 0.513. The highest BCUT2D eigenvalue weighted by molar-refractivity contribution is 6.30. The number of methoxy groups -OCH3 is 1. The third kappa shape index (κ3) is 6.02. The largest absolute Gasteiger partial charge is 0.496 e. The Morgan fingerprint density at radius 2 is 1.70 bits per heavy atom. The Morgan fingerprint density at radius 3 is 2.52 bits per heavy atom. The van der Waals surface area contributed by atoms with Crippen molar-refractivity contribution in [3.8, 4) is 11.5 Å². The van der Waals surface area contributed by atoms with Gasteiger partial charge >= 0.3 is 0 Å². The molecule has 0 fully saturated rings. The predicted octanol–water partition coefficient (Wildman–Crippen LogP) is 5.26. The van der Waals surface area contributed by atoms with E-state index >= 15 is 0 Å². The van der Waals surface area contributed by atoms with Gasteiger partial charge in [0.1, 0.15) is 18.1 Å². The molecule has 27 heavy (non-hydrogen) atoms. The smallest absolute Gasteiger partial charge is 0.122 e. The van der Waals surface area contributed by atoms with Crippen molar-refractivity contribution in [1.82, 2.24) is 5.32 Å². The van der Waals surface area contributed by atoms with Crippen LogP contribution in [0.4, 0.5) is 0 Å². The molecule has 3 nitrogen and oxygen atoms in total. The summed E-state index contributed by atoms with van der Waals surface area (Å²) in [5.74, 6) is 1.81. The summed E-state index contributed by atoms with van der Waals surface area (Å²) in [5, 5.41) is 4.22. The molecule has 1 N–H and O–H groups in total. The zero-order valence-electron chi connectivity index (χ0n) is 15.5. The lowest BCUT2D eigenvalue weighted by Crippen LogP contribution is -2.17. The highest BCUT2D eigenvalue weighted by atomic mass is 35.5. The Morgan fingerprint density at radius 1 is 0.889 bits per heavy atom. The maximum absolute atomic E-state index is 5.91. The summed E-state index contributed by atoms with van der Waals surface area (Å²) in [7, 11) is 1.71. The van der Waals surface area contributed by atoms with Crippen molar-refractivity contribution in [2.75, 3.05) is 13.7 Å². The van der Waals surface area contributed by atoms with Crippen LogP contribution in [0.25, 0.3) is 0 Å². The van der Waals surface area contributed by atoms with Crippen molar-refractivity contribution >= 4 is 11.6 Å². The van der Waals surface area contributed by atoms with Gasteiger partial charge < -0.3 is 14.8 Å². The van der Waals surface area contributed by atoms with Gasteiger partial charge in [0.2, 0.25) is 0 Å². The molecule has 3 rings (SSSR count). The highest BCUT2D eigenvalue weighted by Gasteiger charge is 2.02. The first-order chi connectivity index (χ1) is 13.2. The monoisotopic (exact) mass is 381 g/mol.